The van der Waals surface area contributed by atoms with Crippen LogP contribution in [0.2, 0.25) is 0 Å². The van der Waals surface area contributed by atoms with Gasteiger partial charge in [-0.2, -0.15) is 31.4 Å². The van der Waals surface area contributed by atoms with E-state index in [4.69, 9.17) is 16.0 Å². The summed E-state index contributed by atoms with van der Waals surface area (Å²) in [6.45, 7) is 3.03. The minimum atomic E-state index is -5.04. The zero-order valence-electron chi connectivity index (χ0n) is 15.4. The van der Waals surface area contributed by atoms with Crippen LogP contribution in [0.1, 0.15) is 33.7 Å². The highest BCUT2D eigenvalue weighted by atomic mass is 19.4. The quantitative estimate of drug-likeness (QED) is 0.219. The fraction of sp³-hybridized carbons (Fsp3) is 0.235. The molecule has 0 saturated heterocycles. The maximum atomic E-state index is 12.9. The summed E-state index contributed by atoms with van der Waals surface area (Å²) in [6, 6.07) is 0.804. The molecule has 2 aromatic rings. The Hall–Kier alpha value is -3.51. The third-order valence-electron chi connectivity index (χ3n) is 3.85. The van der Waals surface area contributed by atoms with Gasteiger partial charge in [0.2, 0.25) is 0 Å². The van der Waals surface area contributed by atoms with E-state index in [-0.39, 0.29) is 23.0 Å². The first-order valence-corrected chi connectivity index (χ1v) is 8.03. The molecule has 0 aliphatic heterocycles. The fourth-order valence-electron chi connectivity index (χ4n) is 2.47. The van der Waals surface area contributed by atoms with Crippen molar-refractivity contribution in [2.75, 3.05) is 0 Å². The van der Waals surface area contributed by atoms with Crippen molar-refractivity contribution in [1.82, 2.24) is 10.6 Å². The van der Waals surface area contributed by atoms with Gasteiger partial charge in [0.1, 0.15) is 5.76 Å². The molecular formula is C17H15F6N5O2. The van der Waals surface area contributed by atoms with Crippen molar-refractivity contribution in [3.63, 3.8) is 0 Å². The summed E-state index contributed by atoms with van der Waals surface area (Å²) in [5.74, 6) is -1.35. The number of amidine groups is 1. The number of carbonyl (C=O) groups excluding carboxylic acids is 1. The van der Waals surface area contributed by atoms with Crippen molar-refractivity contribution in [2.45, 2.75) is 26.2 Å². The first kappa shape index (κ1) is 22.8. The van der Waals surface area contributed by atoms with Crippen molar-refractivity contribution in [1.29, 1.82) is 0 Å². The summed E-state index contributed by atoms with van der Waals surface area (Å²) in [6.07, 6.45) is -9.10. The molecule has 0 atom stereocenters. The molecule has 1 amide bonds. The Labute approximate surface area is 165 Å². The van der Waals surface area contributed by atoms with Crippen LogP contribution < -0.4 is 16.9 Å². The molecule has 7 nitrogen and oxygen atoms in total. The van der Waals surface area contributed by atoms with Crippen LogP contribution in [-0.2, 0) is 17.1 Å². The van der Waals surface area contributed by atoms with Gasteiger partial charge in [-0.3, -0.25) is 10.2 Å². The van der Waals surface area contributed by atoms with Crippen molar-refractivity contribution in [3.8, 4) is 0 Å². The standard InChI is InChI=1S/C17H15F6N5O2/c1-7-13(8(2)30-28-7)12(15(25)29)6-26-27-14(24)9-3-10(16(18,19)20)5-11(4-9)17(21,22)23/h3-6,26H,1-2H3,(H2,24,27)(H2,25,29)/b12-6+. The number of rotatable bonds is 5. The number of nitrogens with two attached hydrogens (primary N) is 2. The fourth-order valence-corrected chi connectivity index (χ4v) is 2.47. The van der Waals surface area contributed by atoms with Crippen LogP contribution in [0, 0.1) is 13.8 Å². The Morgan fingerprint density at radius 2 is 1.60 bits per heavy atom. The van der Waals surface area contributed by atoms with Gasteiger partial charge in [0.15, 0.2) is 5.84 Å². The van der Waals surface area contributed by atoms with Crippen molar-refractivity contribution < 1.29 is 35.7 Å². The van der Waals surface area contributed by atoms with E-state index in [1.165, 1.54) is 13.8 Å². The zero-order valence-corrected chi connectivity index (χ0v) is 15.4. The Balaban J connectivity index is 2.43. The van der Waals surface area contributed by atoms with E-state index < -0.39 is 40.8 Å². The number of benzene rings is 1. The molecule has 1 heterocycles. The second-order valence-electron chi connectivity index (χ2n) is 6.04. The molecular weight excluding hydrogens is 420 g/mol. The van der Waals surface area contributed by atoms with Crippen molar-refractivity contribution in [2.24, 2.45) is 16.6 Å². The second-order valence-corrected chi connectivity index (χ2v) is 6.04. The number of carbonyl (C=O) groups is 1. The lowest BCUT2D eigenvalue weighted by molar-refractivity contribution is -0.143. The lowest BCUT2D eigenvalue weighted by Gasteiger charge is -2.14. The van der Waals surface area contributed by atoms with E-state index in [1.807, 2.05) is 0 Å². The molecule has 0 unspecified atom stereocenters. The molecule has 5 N–H and O–H groups in total. The van der Waals surface area contributed by atoms with Crippen LogP contribution in [0.25, 0.3) is 5.57 Å². The van der Waals surface area contributed by atoms with Gasteiger partial charge in [-0.15, -0.1) is 0 Å². The first-order valence-electron chi connectivity index (χ1n) is 8.03. The number of hydrogen-bond donors (Lipinski definition) is 3. The van der Waals surface area contributed by atoms with Crippen LogP contribution in [0.5, 0.6) is 0 Å². The molecule has 1 aromatic heterocycles. The van der Waals surface area contributed by atoms with Crippen molar-refractivity contribution in [3.05, 3.63) is 58.1 Å². The average molecular weight is 435 g/mol. The minimum Gasteiger partial charge on any atom is -0.382 e. The number of aromatic nitrogens is 1. The molecule has 0 aliphatic rings. The van der Waals surface area contributed by atoms with E-state index in [0.717, 1.165) is 6.20 Å². The molecule has 0 radical (unpaired) electrons. The largest absolute Gasteiger partial charge is 0.416 e. The monoisotopic (exact) mass is 435 g/mol. The number of aryl methyl sites for hydroxylation is 2. The molecule has 2 rings (SSSR count). The van der Waals surface area contributed by atoms with Crippen LogP contribution in [-0.4, -0.2) is 16.9 Å². The number of alkyl halides is 6. The Kier molecular flexibility index (Phi) is 6.14. The van der Waals surface area contributed by atoms with Gasteiger partial charge < -0.3 is 16.0 Å². The molecule has 13 heteroatoms. The Morgan fingerprint density at radius 3 is 2.00 bits per heavy atom. The zero-order chi connectivity index (χ0) is 22.9. The highest BCUT2D eigenvalue weighted by Gasteiger charge is 2.37. The van der Waals surface area contributed by atoms with Gasteiger partial charge in [-0.1, -0.05) is 5.16 Å². The molecule has 0 spiro atoms. The smallest absolute Gasteiger partial charge is 0.382 e. The van der Waals surface area contributed by atoms with Crippen molar-refractivity contribution >= 4 is 17.3 Å². The summed E-state index contributed by atoms with van der Waals surface area (Å²) in [5, 5.41) is 7.16. The molecule has 30 heavy (non-hydrogen) atoms. The predicted molar refractivity (Wildman–Crippen MR) is 93.5 cm³/mol. The average Bonchev–Trinajstić information content (AvgIpc) is 2.95. The molecule has 162 valence electrons. The SMILES string of the molecule is Cc1noc(C)c1/C(=C\N/N=C(\N)c1cc(C(F)(F)F)cc(C(F)(F)F)c1)C(N)=O. The van der Waals surface area contributed by atoms with Gasteiger partial charge in [0.05, 0.1) is 28.0 Å². The summed E-state index contributed by atoms with van der Waals surface area (Å²) in [7, 11) is 0. The predicted octanol–water partition coefficient (Wildman–Crippen LogP) is 3.07. The lowest BCUT2D eigenvalue weighted by Crippen LogP contribution is -2.21. The number of nitrogens with one attached hydrogen (secondary N) is 1. The maximum absolute atomic E-state index is 12.9. The summed E-state index contributed by atoms with van der Waals surface area (Å²) >= 11 is 0. The summed E-state index contributed by atoms with van der Waals surface area (Å²) in [4.78, 5) is 11.7. The van der Waals surface area contributed by atoms with Crippen LogP contribution in [0.3, 0.4) is 0 Å². The number of halogens is 6. The molecule has 0 bridgehead atoms. The summed E-state index contributed by atoms with van der Waals surface area (Å²) < 4.78 is 82.6. The number of hydrogen-bond acceptors (Lipinski definition) is 5. The topological polar surface area (TPSA) is 120 Å². The van der Waals surface area contributed by atoms with Gasteiger partial charge in [-0.05, 0) is 32.0 Å². The molecule has 0 fully saturated rings. The van der Waals surface area contributed by atoms with Gasteiger partial charge in [0.25, 0.3) is 5.91 Å². The molecule has 0 aliphatic carbocycles. The number of amides is 1. The number of primary amides is 1. The third-order valence-corrected chi connectivity index (χ3v) is 3.85. The molecule has 0 saturated carbocycles. The lowest BCUT2D eigenvalue weighted by atomic mass is 10.0. The van der Waals surface area contributed by atoms with E-state index in [1.54, 1.807) is 0 Å². The van der Waals surface area contributed by atoms with E-state index >= 15 is 0 Å². The normalized spacial score (nSPS) is 13.5. The Morgan fingerprint density at radius 1 is 1.07 bits per heavy atom. The number of nitrogens with zero attached hydrogens (tertiary/aromatic N) is 2. The summed E-state index contributed by atoms with van der Waals surface area (Å²) in [5.41, 5.74) is 9.73. The van der Waals surface area contributed by atoms with E-state index in [0.29, 0.717) is 17.8 Å². The molecule has 1 aromatic carbocycles. The van der Waals surface area contributed by atoms with Gasteiger partial charge in [0, 0.05) is 11.8 Å². The first-order chi connectivity index (χ1) is 13.7. The van der Waals surface area contributed by atoms with E-state index in [9.17, 15) is 31.1 Å². The number of hydrazone groups is 1. The minimum absolute atomic E-state index is 0.0350. The maximum Gasteiger partial charge on any atom is 0.416 e. The Bertz CT molecular complexity index is 969. The van der Waals surface area contributed by atoms with E-state index in [2.05, 4.69) is 15.7 Å². The van der Waals surface area contributed by atoms with Gasteiger partial charge >= 0.3 is 12.4 Å². The van der Waals surface area contributed by atoms with Gasteiger partial charge in [-0.25, -0.2) is 0 Å². The van der Waals surface area contributed by atoms with Crippen LogP contribution >= 0.6 is 0 Å². The second kappa shape index (κ2) is 8.08. The highest BCUT2D eigenvalue weighted by Crippen LogP contribution is 2.36. The third kappa shape index (κ3) is 5.10. The van der Waals surface area contributed by atoms with Crippen LogP contribution in [0.15, 0.2) is 34.0 Å². The highest BCUT2D eigenvalue weighted by molar-refractivity contribution is 6.19. The van der Waals surface area contributed by atoms with Crippen LogP contribution in [0.4, 0.5) is 26.3 Å².